The fourth-order valence-electron chi connectivity index (χ4n) is 2.68. The molecule has 2 fully saturated rings. The first kappa shape index (κ1) is 15.3. The van der Waals surface area contributed by atoms with E-state index in [1.807, 2.05) is 0 Å². The van der Waals surface area contributed by atoms with Crippen molar-refractivity contribution < 1.29 is 14.3 Å². The van der Waals surface area contributed by atoms with Gasteiger partial charge in [-0.3, -0.25) is 9.59 Å². The predicted octanol–water partition coefficient (Wildman–Crippen LogP) is 2.35. The summed E-state index contributed by atoms with van der Waals surface area (Å²) in [6.07, 6.45) is 3.23. The molecule has 1 saturated carbocycles. The van der Waals surface area contributed by atoms with Crippen LogP contribution in [0.4, 0.5) is 5.69 Å². The Bertz CT molecular complexity index is 581. The lowest BCUT2D eigenvalue weighted by molar-refractivity contribution is -0.134. The maximum absolute atomic E-state index is 12.4. The van der Waals surface area contributed by atoms with E-state index in [0.717, 1.165) is 19.4 Å². The molecule has 0 bridgehead atoms. The van der Waals surface area contributed by atoms with Crippen molar-refractivity contribution in [1.29, 1.82) is 0 Å². The number of hydrogen-bond acceptors (Lipinski definition) is 3. The van der Waals surface area contributed by atoms with Gasteiger partial charge in [0, 0.05) is 23.9 Å². The van der Waals surface area contributed by atoms with Crippen LogP contribution in [-0.2, 0) is 14.3 Å². The van der Waals surface area contributed by atoms with E-state index in [1.54, 1.807) is 24.3 Å². The summed E-state index contributed by atoms with van der Waals surface area (Å²) < 4.78 is 5.48. The maximum Gasteiger partial charge on any atom is 0.240 e. The Labute approximate surface area is 134 Å². The molecule has 2 aliphatic rings. The van der Waals surface area contributed by atoms with Crippen LogP contribution in [0.1, 0.15) is 25.7 Å². The van der Waals surface area contributed by atoms with E-state index in [-0.39, 0.29) is 17.9 Å². The number of halogens is 1. The van der Waals surface area contributed by atoms with Crippen LogP contribution in [0.3, 0.4) is 0 Å². The van der Waals surface area contributed by atoms with Gasteiger partial charge in [-0.05, 0) is 43.9 Å². The van der Waals surface area contributed by atoms with Crippen molar-refractivity contribution in [2.24, 2.45) is 5.41 Å². The minimum atomic E-state index is -0.930. The molecule has 118 valence electrons. The summed E-state index contributed by atoms with van der Waals surface area (Å²) in [7, 11) is 0. The molecule has 0 spiro atoms. The number of nitrogens with one attached hydrogen (secondary N) is 2. The average Bonchev–Trinajstić information content (AvgIpc) is 3.15. The zero-order valence-corrected chi connectivity index (χ0v) is 13.0. The number of hydrogen-bond donors (Lipinski definition) is 2. The summed E-state index contributed by atoms with van der Waals surface area (Å²) >= 11 is 5.90. The van der Waals surface area contributed by atoms with Gasteiger partial charge in [0.05, 0.1) is 6.10 Å². The van der Waals surface area contributed by atoms with Gasteiger partial charge >= 0.3 is 0 Å². The summed E-state index contributed by atoms with van der Waals surface area (Å²) in [4.78, 5) is 24.7. The predicted molar refractivity (Wildman–Crippen MR) is 83.7 cm³/mol. The number of benzene rings is 1. The lowest BCUT2D eigenvalue weighted by Gasteiger charge is -2.17. The highest BCUT2D eigenvalue weighted by molar-refractivity contribution is 6.31. The summed E-state index contributed by atoms with van der Waals surface area (Å²) in [6.45, 7) is 1.23. The van der Waals surface area contributed by atoms with Crippen molar-refractivity contribution in [3.05, 3.63) is 29.3 Å². The molecule has 22 heavy (non-hydrogen) atoms. The van der Waals surface area contributed by atoms with Crippen LogP contribution < -0.4 is 10.6 Å². The smallest absolute Gasteiger partial charge is 0.240 e. The third kappa shape index (κ3) is 3.25. The molecule has 0 aromatic heterocycles. The Kier molecular flexibility index (Phi) is 4.36. The van der Waals surface area contributed by atoms with Crippen molar-refractivity contribution in [1.82, 2.24) is 5.32 Å². The summed E-state index contributed by atoms with van der Waals surface area (Å²) in [6, 6.07) is 6.91. The molecule has 6 heteroatoms. The van der Waals surface area contributed by atoms with Gasteiger partial charge < -0.3 is 15.4 Å². The van der Waals surface area contributed by atoms with Crippen LogP contribution in [0.25, 0.3) is 0 Å². The molecule has 2 N–H and O–H groups in total. The van der Waals surface area contributed by atoms with Crippen molar-refractivity contribution in [3.63, 3.8) is 0 Å². The molecule has 1 saturated heterocycles. The van der Waals surface area contributed by atoms with Crippen LogP contribution in [0, 0.1) is 5.41 Å². The largest absolute Gasteiger partial charge is 0.376 e. The number of amides is 2. The van der Waals surface area contributed by atoms with Gasteiger partial charge in [-0.2, -0.15) is 0 Å². The van der Waals surface area contributed by atoms with Crippen LogP contribution in [0.15, 0.2) is 24.3 Å². The number of carbonyl (C=O) groups excluding carboxylic acids is 2. The van der Waals surface area contributed by atoms with Gasteiger partial charge in [0.25, 0.3) is 0 Å². The van der Waals surface area contributed by atoms with Crippen LogP contribution in [0.2, 0.25) is 5.02 Å². The Morgan fingerprint density at radius 2 is 2.14 bits per heavy atom. The topological polar surface area (TPSA) is 67.4 Å². The van der Waals surface area contributed by atoms with Gasteiger partial charge in [-0.1, -0.05) is 17.7 Å². The first-order valence-electron chi connectivity index (χ1n) is 7.57. The molecule has 1 atom stereocenters. The molecular formula is C16H19ClN2O3. The number of ether oxygens (including phenoxy) is 1. The SMILES string of the molecule is O=C(NCC1CCCO1)C1(C(=O)Nc2cccc(Cl)c2)CC1. The van der Waals surface area contributed by atoms with Crippen LogP contribution >= 0.6 is 11.6 Å². The molecule has 2 amide bonds. The Morgan fingerprint density at radius 3 is 2.77 bits per heavy atom. The Balaban J connectivity index is 1.57. The molecular weight excluding hydrogens is 304 g/mol. The third-order valence-corrected chi connectivity index (χ3v) is 4.45. The molecule has 1 aliphatic heterocycles. The first-order chi connectivity index (χ1) is 10.6. The normalized spacial score (nSPS) is 22.1. The van der Waals surface area contributed by atoms with Gasteiger partial charge in [-0.15, -0.1) is 0 Å². The highest BCUT2D eigenvalue weighted by Crippen LogP contribution is 2.46. The second-order valence-corrected chi connectivity index (χ2v) is 6.33. The summed E-state index contributed by atoms with van der Waals surface area (Å²) in [5.41, 5.74) is -0.323. The monoisotopic (exact) mass is 322 g/mol. The maximum atomic E-state index is 12.4. The zero-order chi connectivity index (χ0) is 15.6. The highest BCUT2D eigenvalue weighted by Gasteiger charge is 2.56. The third-order valence-electron chi connectivity index (χ3n) is 4.22. The van der Waals surface area contributed by atoms with Crippen molar-refractivity contribution in [2.75, 3.05) is 18.5 Å². The molecule has 3 rings (SSSR count). The van der Waals surface area contributed by atoms with E-state index in [2.05, 4.69) is 10.6 Å². The van der Waals surface area contributed by atoms with Crippen LogP contribution in [-0.4, -0.2) is 31.1 Å². The van der Waals surface area contributed by atoms with E-state index >= 15 is 0 Å². The number of carbonyl (C=O) groups is 2. The molecule has 5 nitrogen and oxygen atoms in total. The first-order valence-corrected chi connectivity index (χ1v) is 7.95. The number of rotatable bonds is 5. The summed E-state index contributed by atoms with van der Waals surface area (Å²) in [5.74, 6) is -0.470. The second kappa shape index (κ2) is 6.26. The molecule has 0 radical (unpaired) electrons. The fraction of sp³-hybridized carbons (Fsp3) is 0.500. The molecule has 1 heterocycles. The fourth-order valence-corrected chi connectivity index (χ4v) is 2.87. The van der Waals surface area contributed by atoms with Crippen molar-refractivity contribution in [3.8, 4) is 0 Å². The van der Waals surface area contributed by atoms with Crippen molar-refractivity contribution in [2.45, 2.75) is 31.8 Å². The Morgan fingerprint density at radius 1 is 1.32 bits per heavy atom. The van der Waals surface area contributed by atoms with Gasteiger partial charge in [0.1, 0.15) is 5.41 Å². The lowest BCUT2D eigenvalue weighted by atomic mass is 10.0. The highest BCUT2D eigenvalue weighted by atomic mass is 35.5. The second-order valence-electron chi connectivity index (χ2n) is 5.89. The number of anilines is 1. The zero-order valence-electron chi connectivity index (χ0n) is 12.2. The summed E-state index contributed by atoms with van der Waals surface area (Å²) in [5, 5.41) is 6.18. The standard InChI is InChI=1S/C16H19ClN2O3/c17-11-3-1-4-12(9-11)19-15(21)16(6-7-16)14(20)18-10-13-5-2-8-22-13/h1,3-4,9,13H,2,5-8,10H2,(H,18,20)(H,19,21). The van der Waals surface area contributed by atoms with Gasteiger partial charge in [-0.25, -0.2) is 0 Å². The van der Waals surface area contributed by atoms with E-state index in [0.29, 0.717) is 30.1 Å². The van der Waals surface area contributed by atoms with E-state index in [4.69, 9.17) is 16.3 Å². The average molecular weight is 323 g/mol. The van der Waals surface area contributed by atoms with Crippen LogP contribution in [0.5, 0.6) is 0 Å². The Hall–Kier alpha value is -1.59. The van der Waals surface area contributed by atoms with Gasteiger partial charge in [0.15, 0.2) is 0 Å². The molecule has 1 aliphatic carbocycles. The van der Waals surface area contributed by atoms with Gasteiger partial charge in [0.2, 0.25) is 11.8 Å². The van der Waals surface area contributed by atoms with E-state index in [1.165, 1.54) is 0 Å². The van der Waals surface area contributed by atoms with E-state index < -0.39 is 5.41 Å². The molecule has 1 unspecified atom stereocenters. The quantitative estimate of drug-likeness (QED) is 0.818. The van der Waals surface area contributed by atoms with Crippen molar-refractivity contribution >= 4 is 29.1 Å². The minimum absolute atomic E-state index is 0.0794. The minimum Gasteiger partial charge on any atom is -0.376 e. The lowest BCUT2D eigenvalue weighted by Crippen LogP contribution is -2.42. The van der Waals surface area contributed by atoms with E-state index in [9.17, 15) is 9.59 Å². The molecule has 1 aromatic carbocycles. The molecule has 1 aromatic rings.